The summed E-state index contributed by atoms with van der Waals surface area (Å²) < 4.78 is 6.08. The molecule has 0 bridgehead atoms. The number of hydrogen-bond acceptors (Lipinski definition) is 3. The summed E-state index contributed by atoms with van der Waals surface area (Å²) in [6.45, 7) is 2.52. The van der Waals surface area contributed by atoms with Gasteiger partial charge in [0.05, 0.1) is 6.10 Å². The summed E-state index contributed by atoms with van der Waals surface area (Å²) in [5, 5.41) is 0. The Bertz CT molecular complexity index is 506. The first-order valence-electron chi connectivity index (χ1n) is 9.42. The molecule has 132 valence electrons. The number of ether oxygens (including phenoxy) is 1. The topological polar surface area (TPSA) is 55.6 Å². The van der Waals surface area contributed by atoms with E-state index in [1.165, 1.54) is 25.7 Å². The lowest BCUT2D eigenvalue weighted by Gasteiger charge is -2.33. The number of rotatable bonds is 6. The minimum atomic E-state index is -0.213. The van der Waals surface area contributed by atoms with Crippen LogP contribution in [0, 0.1) is 5.92 Å². The molecule has 24 heavy (non-hydrogen) atoms. The zero-order valence-corrected chi connectivity index (χ0v) is 14.5. The molecule has 2 N–H and O–H groups in total. The fourth-order valence-corrected chi connectivity index (χ4v) is 3.86. The Labute approximate surface area is 145 Å². The lowest BCUT2D eigenvalue weighted by molar-refractivity contribution is -0.134. The highest BCUT2D eigenvalue weighted by Gasteiger charge is 2.25. The van der Waals surface area contributed by atoms with E-state index in [4.69, 9.17) is 10.5 Å². The van der Waals surface area contributed by atoms with Crippen LogP contribution in [0.5, 0.6) is 0 Å². The Hall–Kier alpha value is -1.39. The molecular formula is C20H30N2O2. The molecule has 1 saturated carbocycles. The number of benzene rings is 1. The van der Waals surface area contributed by atoms with Crippen LogP contribution in [-0.4, -0.2) is 36.6 Å². The third-order valence-corrected chi connectivity index (χ3v) is 5.46. The molecule has 4 nitrogen and oxygen atoms in total. The number of carbonyl (C=O) groups excluding carboxylic acids is 1. The predicted molar refractivity (Wildman–Crippen MR) is 95.5 cm³/mol. The molecule has 1 saturated heterocycles. The van der Waals surface area contributed by atoms with Gasteiger partial charge in [-0.3, -0.25) is 4.79 Å². The first-order chi connectivity index (χ1) is 11.7. The molecular weight excluding hydrogens is 300 g/mol. The van der Waals surface area contributed by atoms with Crippen molar-refractivity contribution in [2.45, 2.75) is 57.1 Å². The molecule has 0 spiro atoms. The van der Waals surface area contributed by atoms with E-state index in [9.17, 15) is 4.79 Å². The Balaban J connectivity index is 1.38. The van der Waals surface area contributed by atoms with Crippen molar-refractivity contribution in [1.82, 2.24) is 4.90 Å². The molecule has 2 fully saturated rings. The minimum Gasteiger partial charge on any atom is -0.378 e. The summed E-state index contributed by atoms with van der Waals surface area (Å²) in [6, 6.07) is 9.66. The second kappa shape index (κ2) is 8.63. The number of amides is 1. The van der Waals surface area contributed by atoms with Gasteiger partial charge in [-0.15, -0.1) is 0 Å². The van der Waals surface area contributed by atoms with Gasteiger partial charge in [0.25, 0.3) is 0 Å². The van der Waals surface area contributed by atoms with Gasteiger partial charge in [-0.05, 0) is 37.2 Å². The van der Waals surface area contributed by atoms with Gasteiger partial charge in [0, 0.05) is 32.2 Å². The van der Waals surface area contributed by atoms with Crippen LogP contribution in [-0.2, 0) is 9.53 Å². The van der Waals surface area contributed by atoms with Crippen molar-refractivity contribution in [3.05, 3.63) is 35.9 Å². The van der Waals surface area contributed by atoms with Crippen LogP contribution in [0.3, 0.4) is 0 Å². The van der Waals surface area contributed by atoms with Gasteiger partial charge >= 0.3 is 0 Å². The van der Waals surface area contributed by atoms with Gasteiger partial charge in [-0.2, -0.15) is 0 Å². The Morgan fingerprint density at radius 3 is 2.46 bits per heavy atom. The van der Waals surface area contributed by atoms with Crippen molar-refractivity contribution in [2.24, 2.45) is 11.7 Å². The normalized spacial score (nSPS) is 21.1. The highest BCUT2D eigenvalue weighted by Crippen LogP contribution is 2.26. The SMILES string of the molecule is N[C@@H](CC(=O)N1CCC(OCC2CCCC2)CC1)c1ccccc1. The zero-order chi connectivity index (χ0) is 16.8. The maximum Gasteiger partial charge on any atom is 0.224 e. The maximum absolute atomic E-state index is 12.5. The van der Waals surface area contributed by atoms with Crippen molar-refractivity contribution in [3.63, 3.8) is 0 Å². The van der Waals surface area contributed by atoms with Crippen LogP contribution in [0.2, 0.25) is 0 Å². The molecule has 1 aliphatic carbocycles. The molecule has 2 aliphatic rings. The van der Waals surface area contributed by atoms with Crippen molar-refractivity contribution in [3.8, 4) is 0 Å². The first-order valence-corrected chi connectivity index (χ1v) is 9.42. The molecule has 0 aromatic heterocycles. The first kappa shape index (κ1) is 17.4. The number of likely N-dealkylation sites (tertiary alicyclic amines) is 1. The smallest absolute Gasteiger partial charge is 0.224 e. The zero-order valence-electron chi connectivity index (χ0n) is 14.5. The fraction of sp³-hybridized carbons (Fsp3) is 0.650. The molecule has 1 aromatic carbocycles. The van der Waals surface area contributed by atoms with E-state index in [1.54, 1.807) is 0 Å². The Morgan fingerprint density at radius 2 is 1.79 bits per heavy atom. The van der Waals surface area contributed by atoms with Gasteiger partial charge < -0.3 is 15.4 Å². The standard InChI is InChI=1S/C20H30N2O2/c21-19(17-8-2-1-3-9-17)14-20(23)22-12-10-18(11-13-22)24-15-16-6-4-5-7-16/h1-3,8-9,16,18-19H,4-7,10-15,21H2/t19-/m0/s1. The molecule has 0 radical (unpaired) electrons. The van der Waals surface area contributed by atoms with Crippen molar-refractivity contribution >= 4 is 5.91 Å². The van der Waals surface area contributed by atoms with Crippen LogP contribution in [0.4, 0.5) is 0 Å². The summed E-state index contributed by atoms with van der Waals surface area (Å²) in [5.74, 6) is 0.939. The molecule has 1 heterocycles. The van der Waals surface area contributed by atoms with Crippen molar-refractivity contribution in [2.75, 3.05) is 19.7 Å². The molecule has 1 amide bonds. The van der Waals surface area contributed by atoms with E-state index >= 15 is 0 Å². The monoisotopic (exact) mass is 330 g/mol. The van der Waals surface area contributed by atoms with E-state index in [2.05, 4.69) is 0 Å². The van der Waals surface area contributed by atoms with Gasteiger partial charge in [0.2, 0.25) is 5.91 Å². The minimum absolute atomic E-state index is 0.167. The van der Waals surface area contributed by atoms with Gasteiger partial charge in [-0.1, -0.05) is 43.2 Å². The summed E-state index contributed by atoms with van der Waals surface area (Å²) in [5.41, 5.74) is 7.20. The summed E-state index contributed by atoms with van der Waals surface area (Å²) >= 11 is 0. The summed E-state index contributed by atoms with van der Waals surface area (Å²) in [6.07, 6.45) is 8.02. The highest BCUT2D eigenvalue weighted by molar-refractivity contribution is 5.77. The Morgan fingerprint density at radius 1 is 1.12 bits per heavy atom. The van der Waals surface area contributed by atoms with E-state index in [1.807, 2.05) is 35.2 Å². The number of nitrogens with two attached hydrogens (primary N) is 1. The lowest BCUT2D eigenvalue weighted by Crippen LogP contribution is -2.42. The molecule has 1 aliphatic heterocycles. The second-order valence-electron chi connectivity index (χ2n) is 7.29. The molecule has 1 aromatic rings. The van der Waals surface area contributed by atoms with Crippen molar-refractivity contribution < 1.29 is 9.53 Å². The highest BCUT2D eigenvalue weighted by atomic mass is 16.5. The average molecular weight is 330 g/mol. The fourth-order valence-electron chi connectivity index (χ4n) is 3.86. The molecule has 3 rings (SSSR count). The van der Waals surface area contributed by atoms with Crippen molar-refractivity contribution in [1.29, 1.82) is 0 Å². The van der Waals surface area contributed by atoms with E-state index in [0.717, 1.165) is 44.0 Å². The van der Waals surface area contributed by atoms with E-state index in [-0.39, 0.29) is 11.9 Å². The van der Waals surface area contributed by atoms with Crippen LogP contribution in [0.25, 0.3) is 0 Å². The quantitative estimate of drug-likeness (QED) is 0.871. The third kappa shape index (κ3) is 4.81. The summed E-state index contributed by atoms with van der Waals surface area (Å²) in [4.78, 5) is 14.4. The average Bonchev–Trinajstić information content (AvgIpc) is 3.14. The number of carbonyl (C=O) groups is 1. The molecule has 0 unspecified atom stereocenters. The van der Waals surface area contributed by atoms with Crippen LogP contribution in [0.15, 0.2) is 30.3 Å². The van der Waals surface area contributed by atoms with Gasteiger partial charge in [-0.25, -0.2) is 0 Å². The second-order valence-corrected chi connectivity index (χ2v) is 7.29. The molecule has 1 atom stereocenters. The lowest BCUT2D eigenvalue weighted by atomic mass is 10.0. The Kier molecular flexibility index (Phi) is 6.27. The molecule has 4 heteroatoms. The largest absolute Gasteiger partial charge is 0.378 e. The van der Waals surface area contributed by atoms with Crippen LogP contribution in [0.1, 0.15) is 56.6 Å². The summed E-state index contributed by atoms with van der Waals surface area (Å²) in [7, 11) is 0. The number of hydrogen-bond donors (Lipinski definition) is 1. The van der Waals surface area contributed by atoms with E-state index in [0.29, 0.717) is 12.5 Å². The van der Waals surface area contributed by atoms with E-state index < -0.39 is 0 Å². The van der Waals surface area contributed by atoms with Crippen LogP contribution >= 0.6 is 0 Å². The van der Waals surface area contributed by atoms with Crippen LogP contribution < -0.4 is 5.73 Å². The number of nitrogens with zero attached hydrogens (tertiary/aromatic N) is 1. The maximum atomic E-state index is 12.5. The van der Waals surface area contributed by atoms with Gasteiger partial charge in [0.1, 0.15) is 0 Å². The third-order valence-electron chi connectivity index (χ3n) is 5.46. The number of piperidine rings is 1. The predicted octanol–water partition coefficient (Wildman–Crippen LogP) is 3.27. The van der Waals surface area contributed by atoms with Gasteiger partial charge in [0.15, 0.2) is 0 Å².